The SMILES string of the molecule is COCCOCCNC(=O)CNC(=O)C(C#Cc1ccc(Cl)cc1)CC(=O)NO. The van der Waals surface area contributed by atoms with Crippen molar-refractivity contribution >= 4 is 29.3 Å². The molecule has 0 aromatic heterocycles. The van der Waals surface area contributed by atoms with Gasteiger partial charge in [0.2, 0.25) is 17.7 Å². The Morgan fingerprint density at radius 1 is 1.10 bits per heavy atom. The lowest BCUT2D eigenvalue weighted by Gasteiger charge is -2.11. The van der Waals surface area contributed by atoms with E-state index in [1.54, 1.807) is 31.4 Å². The van der Waals surface area contributed by atoms with Crippen LogP contribution in [0.15, 0.2) is 24.3 Å². The Kier molecular flexibility index (Phi) is 12.1. The highest BCUT2D eigenvalue weighted by Gasteiger charge is 2.20. The molecular formula is C19H24ClN3O6. The van der Waals surface area contributed by atoms with Crippen molar-refractivity contribution in [3.05, 3.63) is 34.9 Å². The van der Waals surface area contributed by atoms with Crippen molar-refractivity contribution in [2.24, 2.45) is 5.92 Å². The maximum Gasteiger partial charge on any atom is 0.245 e. The van der Waals surface area contributed by atoms with E-state index in [2.05, 4.69) is 22.5 Å². The van der Waals surface area contributed by atoms with Crippen molar-refractivity contribution in [3.8, 4) is 11.8 Å². The van der Waals surface area contributed by atoms with Gasteiger partial charge in [-0.25, -0.2) is 5.48 Å². The van der Waals surface area contributed by atoms with Crippen LogP contribution in [0.25, 0.3) is 0 Å². The summed E-state index contributed by atoms with van der Waals surface area (Å²) in [7, 11) is 1.56. The van der Waals surface area contributed by atoms with Crippen LogP contribution in [0.5, 0.6) is 0 Å². The Morgan fingerprint density at radius 3 is 2.48 bits per heavy atom. The maximum atomic E-state index is 12.3. The molecule has 1 aromatic carbocycles. The van der Waals surface area contributed by atoms with E-state index in [0.717, 1.165) is 0 Å². The van der Waals surface area contributed by atoms with E-state index >= 15 is 0 Å². The quantitative estimate of drug-likeness (QED) is 0.172. The van der Waals surface area contributed by atoms with Gasteiger partial charge in [0.05, 0.1) is 32.8 Å². The largest absolute Gasteiger partial charge is 0.382 e. The second-order valence-electron chi connectivity index (χ2n) is 5.74. The molecule has 1 atom stereocenters. The summed E-state index contributed by atoms with van der Waals surface area (Å²) in [6.07, 6.45) is -0.363. The average Bonchev–Trinajstić information content (AvgIpc) is 2.72. The van der Waals surface area contributed by atoms with Gasteiger partial charge in [0.15, 0.2) is 0 Å². The number of methoxy groups -OCH3 is 1. The van der Waals surface area contributed by atoms with Crippen LogP contribution in [0.2, 0.25) is 5.02 Å². The highest BCUT2D eigenvalue weighted by molar-refractivity contribution is 6.30. The van der Waals surface area contributed by atoms with Gasteiger partial charge in [-0.1, -0.05) is 23.4 Å². The molecule has 0 radical (unpaired) electrons. The molecular weight excluding hydrogens is 402 g/mol. The van der Waals surface area contributed by atoms with Crippen LogP contribution in [-0.2, 0) is 23.9 Å². The zero-order valence-corrected chi connectivity index (χ0v) is 16.8. The van der Waals surface area contributed by atoms with E-state index < -0.39 is 23.6 Å². The number of halogens is 1. The number of benzene rings is 1. The lowest BCUT2D eigenvalue weighted by Crippen LogP contribution is -2.41. The number of hydrogen-bond donors (Lipinski definition) is 4. The number of carbonyl (C=O) groups excluding carboxylic acids is 3. The van der Waals surface area contributed by atoms with Crippen molar-refractivity contribution in [1.29, 1.82) is 0 Å². The summed E-state index contributed by atoms with van der Waals surface area (Å²) in [4.78, 5) is 35.5. The molecule has 0 aliphatic heterocycles. The zero-order valence-electron chi connectivity index (χ0n) is 16.0. The average molecular weight is 426 g/mol. The highest BCUT2D eigenvalue weighted by Crippen LogP contribution is 2.09. The molecule has 4 N–H and O–H groups in total. The minimum Gasteiger partial charge on any atom is -0.382 e. The van der Waals surface area contributed by atoms with Gasteiger partial charge >= 0.3 is 0 Å². The van der Waals surface area contributed by atoms with E-state index in [9.17, 15) is 14.4 Å². The van der Waals surface area contributed by atoms with Gasteiger partial charge in [-0.3, -0.25) is 19.6 Å². The predicted octanol–water partition coefficient (Wildman–Crippen LogP) is 0.0986. The van der Waals surface area contributed by atoms with Crippen LogP contribution >= 0.6 is 11.6 Å². The molecule has 0 spiro atoms. The minimum absolute atomic E-state index is 0.281. The van der Waals surface area contributed by atoms with Crippen LogP contribution in [0, 0.1) is 17.8 Å². The van der Waals surface area contributed by atoms with E-state index in [-0.39, 0.29) is 19.5 Å². The van der Waals surface area contributed by atoms with Crippen molar-refractivity contribution < 1.29 is 29.1 Å². The zero-order chi connectivity index (χ0) is 21.5. The molecule has 0 fully saturated rings. The van der Waals surface area contributed by atoms with E-state index in [0.29, 0.717) is 30.4 Å². The molecule has 0 aliphatic carbocycles. The molecule has 158 valence electrons. The van der Waals surface area contributed by atoms with Gasteiger partial charge in [0.25, 0.3) is 0 Å². The van der Waals surface area contributed by atoms with Crippen molar-refractivity contribution in [2.75, 3.05) is 40.0 Å². The molecule has 0 bridgehead atoms. The molecule has 0 aliphatic rings. The van der Waals surface area contributed by atoms with E-state index in [1.165, 1.54) is 5.48 Å². The Balaban J connectivity index is 2.54. The van der Waals surface area contributed by atoms with Gasteiger partial charge in [0, 0.05) is 24.2 Å². The van der Waals surface area contributed by atoms with E-state index in [4.69, 9.17) is 26.3 Å². The molecule has 29 heavy (non-hydrogen) atoms. The first-order chi connectivity index (χ1) is 14.0. The molecule has 1 aromatic rings. The lowest BCUT2D eigenvalue weighted by molar-refractivity contribution is -0.133. The van der Waals surface area contributed by atoms with Crippen LogP contribution in [-0.4, -0.2) is 62.9 Å². The number of hydrogen-bond acceptors (Lipinski definition) is 6. The van der Waals surface area contributed by atoms with Gasteiger partial charge in [0.1, 0.15) is 5.92 Å². The standard InChI is InChI=1S/C19H24ClN3O6/c1-28-10-11-29-9-8-21-18(25)13-22-19(26)15(12-17(24)23-27)5-2-14-3-6-16(20)7-4-14/h3-4,6-7,15,27H,8-13H2,1H3,(H,21,25)(H,22,26)(H,23,24). The topological polar surface area (TPSA) is 126 Å². The number of ether oxygens (including phenoxy) is 2. The fourth-order valence-corrected chi connectivity index (χ4v) is 2.13. The Hall–Kier alpha value is -2.64. The minimum atomic E-state index is -1.05. The maximum absolute atomic E-state index is 12.3. The summed E-state index contributed by atoms with van der Waals surface area (Å²) in [5.41, 5.74) is 2.06. The highest BCUT2D eigenvalue weighted by atomic mass is 35.5. The number of carbonyl (C=O) groups is 3. The number of hydroxylamine groups is 1. The van der Waals surface area contributed by atoms with Gasteiger partial charge in [-0.15, -0.1) is 0 Å². The van der Waals surface area contributed by atoms with Gasteiger partial charge < -0.3 is 20.1 Å². The second kappa shape index (κ2) is 14.4. The third kappa shape index (κ3) is 11.1. The monoisotopic (exact) mass is 425 g/mol. The molecule has 0 saturated carbocycles. The van der Waals surface area contributed by atoms with Gasteiger partial charge in [-0.2, -0.15) is 0 Å². The summed E-state index contributed by atoms with van der Waals surface area (Å²) in [6, 6.07) is 6.62. The smallest absolute Gasteiger partial charge is 0.245 e. The Bertz CT molecular complexity index is 730. The molecule has 0 saturated heterocycles. The van der Waals surface area contributed by atoms with Crippen molar-refractivity contribution in [3.63, 3.8) is 0 Å². The van der Waals surface area contributed by atoms with Gasteiger partial charge in [-0.05, 0) is 24.3 Å². The number of nitrogens with one attached hydrogen (secondary N) is 3. The van der Waals surface area contributed by atoms with E-state index in [1.807, 2.05) is 0 Å². The predicted molar refractivity (Wildman–Crippen MR) is 105 cm³/mol. The molecule has 1 unspecified atom stereocenters. The first-order valence-electron chi connectivity index (χ1n) is 8.77. The van der Waals surface area contributed by atoms with Crippen LogP contribution in [0.3, 0.4) is 0 Å². The third-order valence-corrected chi connectivity index (χ3v) is 3.74. The number of amides is 3. The molecule has 3 amide bonds. The summed E-state index contributed by atoms with van der Waals surface area (Å²) < 4.78 is 10.0. The number of rotatable bonds is 11. The summed E-state index contributed by atoms with van der Waals surface area (Å²) in [5, 5.41) is 14.2. The lowest BCUT2D eigenvalue weighted by atomic mass is 10.0. The Morgan fingerprint density at radius 2 is 1.83 bits per heavy atom. The van der Waals surface area contributed by atoms with Crippen LogP contribution < -0.4 is 16.1 Å². The summed E-state index contributed by atoms with van der Waals surface area (Å²) in [6.45, 7) is 1.20. The molecule has 10 heteroatoms. The third-order valence-electron chi connectivity index (χ3n) is 3.49. The first-order valence-corrected chi connectivity index (χ1v) is 9.15. The molecule has 0 heterocycles. The molecule has 9 nitrogen and oxygen atoms in total. The van der Waals surface area contributed by atoms with Crippen LogP contribution in [0.4, 0.5) is 0 Å². The van der Waals surface area contributed by atoms with Crippen molar-refractivity contribution in [1.82, 2.24) is 16.1 Å². The van der Waals surface area contributed by atoms with Crippen molar-refractivity contribution in [2.45, 2.75) is 6.42 Å². The fourth-order valence-electron chi connectivity index (χ4n) is 2.00. The fraction of sp³-hybridized carbons (Fsp3) is 0.421. The summed E-state index contributed by atoms with van der Waals surface area (Å²) >= 11 is 5.81. The first kappa shape index (κ1) is 24.4. The Labute approximate surface area is 174 Å². The molecule has 1 rings (SSSR count). The second-order valence-corrected chi connectivity index (χ2v) is 6.18. The summed E-state index contributed by atoms with van der Waals surface area (Å²) in [5.74, 6) is 2.60. The van der Waals surface area contributed by atoms with Crippen LogP contribution in [0.1, 0.15) is 12.0 Å². The normalized spacial score (nSPS) is 11.0.